The number of anilines is 1. The second-order valence-corrected chi connectivity index (χ2v) is 5.09. The fraction of sp³-hybridized carbons (Fsp3) is 0.375. The van der Waals surface area contributed by atoms with Crippen molar-refractivity contribution in [1.82, 2.24) is 9.97 Å². The second-order valence-electron chi connectivity index (χ2n) is 5.09. The zero-order valence-electron chi connectivity index (χ0n) is 11.9. The number of nitrogens with zero attached hydrogens (tertiary/aromatic N) is 2. The molecule has 4 nitrogen and oxygen atoms in total. The van der Waals surface area contributed by atoms with Crippen molar-refractivity contribution in [2.45, 2.75) is 33.1 Å². The molecule has 0 saturated heterocycles. The molecule has 1 aromatic heterocycles. The van der Waals surface area contributed by atoms with E-state index in [0.717, 1.165) is 24.4 Å². The van der Waals surface area contributed by atoms with E-state index < -0.39 is 0 Å². The molecule has 0 amide bonds. The van der Waals surface area contributed by atoms with Crippen LogP contribution in [0.1, 0.15) is 30.2 Å². The molecule has 20 heavy (non-hydrogen) atoms. The van der Waals surface area contributed by atoms with E-state index in [-0.39, 0.29) is 0 Å². The number of aryl methyl sites for hydroxylation is 3. The highest BCUT2D eigenvalue weighted by Crippen LogP contribution is 2.28. The van der Waals surface area contributed by atoms with Crippen LogP contribution in [0.3, 0.4) is 0 Å². The molecule has 0 spiro atoms. The van der Waals surface area contributed by atoms with Crippen LogP contribution < -0.4 is 10.1 Å². The van der Waals surface area contributed by atoms with Gasteiger partial charge < -0.3 is 10.1 Å². The van der Waals surface area contributed by atoms with Crippen LogP contribution in [0.4, 0.5) is 5.95 Å². The van der Waals surface area contributed by atoms with Crippen molar-refractivity contribution < 1.29 is 4.74 Å². The van der Waals surface area contributed by atoms with Gasteiger partial charge in [0.05, 0.1) is 0 Å². The van der Waals surface area contributed by atoms with Gasteiger partial charge in [0.1, 0.15) is 5.75 Å². The molecule has 1 aliphatic carbocycles. The van der Waals surface area contributed by atoms with Gasteiger partial charge in [-0.25, -0.2) is 4.98 Å². The Morgan fingerprint density at radius 1 is 1.15 bits per heavy atom. The first-order valence-electron chi connectivity index (χ1n) is 7.14. The zero-order valence-corrected chi connectivity index (χ0v) is 11.9. The first-order valence-corrected chi connectivity index (χ1v) is 7.14. The molecule has 2 aromatic rings. The van der Waals surface area contributed by atoms with Crippen LogP contribution in [0.25, 0.3) is 0 Å². The molecule has 0 fully saturated rings. The Kier molecular flexibility index (Phi) is 3.54. The monoisotopic (exact) mass is 269 g/mol. The van der Waals surface area contributed by atoms with Crippen LogP contribution in [0.5, 0.6) is 11.6 Å². The Bertz CT molecular complexity index is 625. The second kappa shape index (κ2) is 5.49. The van der Waals surface area contributed by atoms with E-state index in [1.54, 1.807) is 0 Å². The summed E-state index contributed by atoms with van der Waals surface area (Å²) >= 11 is 0. The largest absolute Gasteiger partial charge is 0.439 e. The van der Waals surface area contributed by atoms with Gasteiger partial charge in [0, 0.05) is 18.3 Å². The Morgan fingerprint density at radius 3 is 2.85 bits per heavy atom. The molecule has 1 aromatic carbocycles. The van der Waals surface area contributed by atoms with Gasteiger partial charge in [-0.3, -0.25) is 0 Å². The van der Waals surface area contributed by atoms with Crippen molar-refractivity contribution in [2.75, 3.05) is 11.9 Å². The summed E-state index contributed by atoms with van der Waals surface area (Å²) in [5, 5.41) is 3.11. The van der Waals surface area contributed by atoms with Gasteiger partial charge in [-0.15, -0.1) is 0 Å². The molecule has 3 rings (SSSR count). The summed E-state index contributed by atoms with van der Waals surface area (Å²) in [4.78, 5) is 8.69. The Hall–Kier alpha value is -2.10. The van der Waals surface area contributed by atoms with Gasteiger partial charge in [-0.2, -0.15) is 4.98 Å². The summed E-state index contributed by atoms with van der Waals surface area (Å²) < 4.78 is 5.88. The van der Waals surface area contributed by atoms with Crippen molar-refractivity contribution in [3.8, 4) is 11.6 Å². The fourth-order valence-corrected chi connectivity index (χ4v) is 2.56. The summed E-state index contributed by atoms with van der Waals surface area (Å²) in [5.74, 6) is 2.06. The minimum absolute atomic E-state index is 0.589. The van der Waals surface area contributed by atoms with E-state index >= 15 is 0 Å². The predicted molar refractivity (Wildman–Crippen MR) is 79.5 cm³/mol. The number of hydrogen-bond acceptors (Lipinski definition) is 4. The lowest BCUT2D eigenvalue weighted by atomic mass is 10.1. The lowest BCUT2D eigenvalue weighted by Crippen LogP contribution is -2.04. The Morgan fingerprint density at radius 2 is 2.00 bits per heavy atom. The third-order valence-corrected chi connectivity index (χ3v) is 3.46. The zero-order chi connectivity index (χ0) is 13.9. The molecule has 1 heterocycles. The quantitative estimate of drug-likeness (QED) is 0.922. The molecule has 0 unspecified atom stereocenters. The topological polar surface area (TPSA) is 47.0 Å². The van der Waals surface area contributed by atoms with Crippen molar-refractivity contribution >= 4 is 5.95 Å². The number of benzene rings is 1. The van der Waals surface area contributed by atoms with Gasteiger partial charge in [0.15, 0.2) is 0 Å². The summed E-state index contributed by atoms with van der Waals surface area (Å²) in [5.41, 5.74) is 3.75. The highest BCUT2D eigenvalue weighted by molar-refractivity contribution is 5.40. The molecular formula is C16H19N3O. The Balaban J connectivity index is 1.83. The molecule has 0 atom stereocenters. The van der Waals surface area contributed by atoms with E-state index in [1.165, 1.54) is 24.0 Å². The summed E-state index contributed by atoms with van der Waals surface area (Å²) in [6.07, 6.45) is 3.58. The van der Waals surface area contributed by atoms with Gasteiger partial charge >= 0.3 is 0 Å². The number of aromatic nitrogens is 2. The maximum absolute atomic E-state index is 5.88. The normalized spacial score (nSPS) is 13.1. The van der Waals surface area contributed by atoms with Gasteiger partial charge in [0.25, 0.3) is 0 Å². The molecule has 0 radical (unpaired) electrons. The average Bonchev–Trinajstić information content (AvgIpc) is 2.85. The Labute approximate surface area is 119 Å². The maximum Gasteiger partial charge on any atom is 0.226 e. The number of nitrogens with one attached hydrogen (secondary N) is 1. The first kappa shape index (κ1) is 12.9. The fourth-order valence-electron chi connectivity index (χ4n) is 2.56. The van der Waals surface area contributed by atoms with Crippen LogP contribution in [0.2, 0.25) is 0 Å². The van der Waals surface area contributed by atoms with Crippen LogP contribution in [-0.4, -0.2) is 16.5 Å². The third-order valence-electron chi connectivity index (χ3n) is 3.46. The van der Waals surface area contributed by atoms with E-state index in [0.29, 0.717) is 11.8 Å². The molecule has 0 saturated carbocycles. The van der Waals surface area contributed by atoms with Gasteiger partial charge in [-0.1, -0.05) is 6.07 Å². The SMILES string of the molecule is CCNc1nc(C)cc(Oc2ccc3c(c2)CCC3)n1. The summed E-state index contributed by atoms with van der Waals surface area (Å²) in [6, 6.07) is 8.17. The summed E-state index contributed by atoms with van der Waals surface area (Å²) in [7, 11) is 0. The number of ether oxygens (including phenoxy) is 1. The molecule has 1 N–H and O–H groups in total. The maximum atomic E-state index is 5.88. The molecule has 0 bridgehead atoms. The van der Waals surface area contributed by atoms with Crippen LogP contribution >= 0.6 is 0 Å². The highest BCUT2D eigenvalue weighted by atomic mass is 16.5. The van der Waals surface area contributed by atoms with Crippen LogP contribution in [0, 0.1) is 6.92 Å². The van der Waals surface area contributed by atoms with E-state index in [2.05, 4.69) is 27.4 Å². The lowest BCUT2D eigenvalue weighted by Gasteiger charge is -2.09. The van der Waals surface area contributed by atoms with E-state index in [9.17, 15) is 0 Å². The van der Waals surface area contributed by atoms with Crippen molar-refractivity contribution in [2.24, 2.45) is 0 Å². The standard InChI is InChI=1S/C16H19N3O/c1-3-17-16-18-11(2)9-15(19-16)20-14-8-7-12-5-4-6-13(12)10-14/h7-10H,3-6H2,1-2H3,(H,17,18,19). The number of hydrogen-bond donors (Lipinski definition) is 1. The van der Waals surface area contributed by atoms with Gasteiger partial charge in [-0.05, 0) is 56.4 Å². The highest BCUT2D eigenvalue weighted by Gasteiger charge is 2.12. The van der Waals surface area contributed by atoms with Crippen molar-refractivity contribution in [3.05, 3.63) is 41.1 Å². The van der Waals surface area contributed by atoms with E-state index in [4.69, 9.17) is 4.74 Å². The predicted octanol–water partition coefficient (Wildman–Crippen LogP) is 3.50. The average molecular weight is 269 g/mol. The minimum atomic E-state index is 0.589. The van der Waals surface area contributed by atoms with E-state index in [1.807, 2.05) is 26.0 Å². The molecule has 1 aliphatic rings. The molecule has 0 aliphatic heterocycles. The molecular weight excluding hydrogens is 250 g/mol. The lowest BCUT2D eigenvalue weighted by molar-refractivity contribution is 0.461. The van der Waals surface area contributed by atoms with Crippen molar-refractivity contribution in [3.63, 3.8) is 0 Å². The minimum Gasteiger partial charge on any atom is -0.439 e. The summed E-state index contributed by atoms with van der Waals surface area (Å²) in [6.45, 7) is 4.76. The van der Waals surface area contributed by atoms with Gasteiger partial charge in [0.2, 0.25) is 11.8 Å². The molecule has 104 valence electrons. The van der Waals surface area contributed by atoms with Crippen LogP contribution in [-0.2, 0) is 12.8 Å². The molecule has 4 heteroatoms. The van der Waals surface area contributed by atoms with Crippen LogP contribution in [0.15, 0.2) is 24.3 Å². The van der Waals surface area contributed by atoms with Crippen molar-refractivity contribution in [1.29, 1.82) is 0 Å². The third kappa shape index (κ3) is 2.74. The first-order chi connectivity index (χ1) is 9.74. The number of fused-ring (bicyclic) bond motifs is 1. The number of rotatable bonds is 4. The smallest absolute Gasteiger partial charge is 0.226 e.